The average molecular weight is 280 g/mol. The molecular formula is C21H28. The van der Waals surface area contributed by atoms with Crippen molar-refractivity contribution in [3.63, 3.8) is 0 Å². The minimum atomic E-state index is 0.462. The van der Waals surface area contributed by atoms with Gasteiger partial charge in [0.25, 0.3) is 0 Å². The highest BCUT2D eigenvalue weighted by molar-refractivity contribution is 5.22. The molecule has 0 aromatic carbocycles. The monoisotopic (exact) mass is 280 g/mol. The van der Waals surface area contributed by atoms with Gasteiger partial charge in [-0.3, -0.25) is 0 Å². The molecule has 6 unspecified atom stereocenters. The molecule has 0 saturated heterocycles. The largest absolute Gasteiger partial charge is 0.0808 e. The van der Waals surface area contributed by atoms with Crippen molar-refractivity contribution in [2.24, 2.45) is 40.9 Å². The smallest absolute Gasteiger partial charge is 0.0134 e. The number of allylic oxidation sites excluding steroid dienone is 8. The summed E-state index contributed by atoms with van der Waals surface area (Å²) >= 11 is 0. The maximum Gasteiger partial charge on any atom is -0.0134 e. The summed E-state index contributed by atoms with van der Waals surface area (Å²) in [5, 5.41) is 0. The van der Waals surface area contributed by atoms with Crippen molar-refractivity contribution < 1.29 is 0 Å². The zero-order valence-electron chi connectivity index (χ0n) is 13.4. The van der Waals surface area contributed by atoms with Crippen LogP contribution in [0, 0.1) is 40.9 Å². The minimum Gasteiger partial charge on any atom is -0.0808 e. The molecule has 6 atom stereocenters. The Bertz CT molecular complexity index is 470. The summed E-state index contributed by atoms with van der Waals surface area (Å²) in [7, 11) is 0. The normalized spacial score (nSPS) is 44.1. The van der Waals surface area contributed by atoms with Crippen LogP contribution in [0.15, 0.2) is 48.6 Å². The molecule has 21 heavy (non-hydrogen) atoms. The zero-order chi connectivity index (χ0) is 14.4. The molecule has 112 valence electrons. The molecule has 0 aromatic rings. The molecule has 0 radical (unpaired) electrons. The van der Waals surface area contributed by atoms with Crippen molar-refractivity contribution in [3.8, 4) is 0 Å². The minimum absolute atomic E-state index is 0.462. The Morgan fingerprint density at radius 1 is 0.619 bits per heavy atom. The predicted octanol–water partition coefficient (Wildman–Crippen LogP) is 5.55. The third kappa shape index (κ3) is 2.10. The molecule has 4 aliphatic carbocycles. The first-order valence-corrected chi connectivity index (χ1v) is 8.88. The molecule has 0 N–H and O–H groups in total. The van der Waals surface area contributed by atoms with Gasteiger partial charge in [-0.2, -0.15) is 0 Å². The number of rotatable bonds is 2. The zero-order valence-corrected chi connectivity index (χ0v) is 13.4. The third-order valence-corrected chi connectivity index (χ3v) is 7.06. The van der Waals surface area contributed by atoms with E-state index in [2.05, 4.69) is 62.5 Å². The molecule has 0 spiro atoms. The van der Waals surface area contributed by atoms with Crippen LogP contribution < -0.4 is 0 Å². The Morgan fingerprint density at radius 3 is 1.52 bits per heavy atom. The maximum atomic E-state index is 2.57. The van der Waals surface area contributed by atoms with Gasteiger partial charge < -0.3 is 0 Å². The molecule has 0 aliphatic heterocycles. The second kappa shape index (κ2) is 5.00. The van der Waals surface area contributed by atoms with E-state index in [1.54, 1.807) is 0 Å². The van der Waals surface area contributed by atoms with E-state index in [0.29, 0.717) is 5.41 Å². The second-order valence-corrected chi connectivity index (χ2v) is 8.21. The van der Waals surface area contributed by atoms with E-state index in [1.807, 2.05) is 0 Å². The molecule has 2 fully saturated rings. The summed E-state index contributed by atoms with van der Waals surface area (Å²) in [6.45, 7) is 5.15. The average Bonchev–Trinajstić information content (AvgIpc) is 3.12. The lowest BCUT2D eigenvalue weighted by Crippen LogP contribution is -2.37. The van der Waals surface area contributed by atoms with Crippen molar-refractivity contribution in [2.45, 2.75) is 39.5 Å². The Labute approximate surface area is 129 Å². The standard InChI is InChI=1S/C21H28/c1-21(2,19-13-11-15-7-3-5-9-17(15)19)20-14-12-16-8-4-6-10-18(16)20/h3-10,15-20H,11-14H2,1-2H3. The summed E-state index contributed by atoms with van der Waals surface area (Å²) in [5.41, 5.74) is 0.462. The lowest BCUT2D eigenvalue weighted by atomic mass is 9.61. The second-order valence-electron chi connectivity index (χ2n) is 8.21. The highest BCUT2D eigenvalue weighted by Gasteiger charge is 2.50. The third-order valence-electron chi connectivity index (χ3n) is 7.06. The number of hydrogen-bond donors (Lipinski definition) is 0. The van der Waals surface area contributed by atoms with Crippen LogP contribution in [0.25, 0.3) is 0 Å². The molecule has 0 aromatic heterocycles. The summed E-state index contributed by atoms with van der Waals surface area (Å²) in [5.74, 6) is 4.97. The number of fused-ring (bicyclic) bond motifs is 2. The first-order valence-electron chi connectivity index (χ1n) is 8.88. The Hall–Kier alpha value is -1.04. The van der Waals surface area contributed by atoms with Crippen LogP contribution in [0.5, 0.6) is 0 Å². The molecule has 0 heteroatoms. The number of hydrogen-bond acceptors (Lipinski definition) is 0. The van der Waals surface area contributed by atoms with E-state index in [1.165, 1.54) is 25.7 Å². The van der Waals surface area contributed by atoms with Crippen molar-refractivity contribution in [3.05, 3.63) is 48.6 Å². The fourth-order valence-electron chi connectivity index (χ4n) is 5.92. The van der Waals surface area contributed by atoms with Crippen molar-refractivity contribution in [2.75, 3.05) is 0 Å². The first kappa shape index (κ1) is 13.6. The van der Waals surface area contributed by atoms with Crippen LogP contribution in [0.1, 0.15) is 39.5 Å². The van der Waals surface area contributed by atoms with Gasteiger partial charge in [-0.1, -0.05) is 62.5 Å². The van der Waals surface area contributed by atoms with Gasteiger partial charge in [0.1, 0.15) is 0 Å². The molecule has 0 bridgehead atoms. The highest BCUT2D eigenvalue weighted by Crippen LogP contribution is 2.58. The van der Waals surface area contributed by atoms with Gasteiger partial charge in [0.15, 0.2) is 0 Å². The van der Waals surface area contributed by atoms with Crippen LogP contribution in [0.2, 0.25) is 0 Å². The fourth-order valence-corrected chi connectivity index (χ4v) is 5.92. The predicted molar refractivity (Wildman–Crippen MR) is 89.7 cm³/mol. The van der Waals surface area contributed by atoms with E-state index in [9.17, 15) is 0 Å². The summed E-state index contributed by atoms with van der Waals surface area (Å²) in [6.07, 6.45) is 24.7. The van der Waals surface area contributed by atoms with Crippen LogP contribution >= 0.6 is 0 Å². The Balaban J connectivity index is 1.59. The van der Waals surface area contributed by atoms with Crippen LogP contribution in [-0.4, -0.2) is 0 Å². The van der Waals surface area contributed by atoms with E-state index < -0.39 is 0 Å². The van der Waals surface area contributed by atoms with Gasteiger partial charge >= 0.3 is 0 Å². The van der Waals surface area contributed by atoms with Crippen molar-refractivity contribution in [1.29, 1.82) is 0 Å². The van der Waals surface area contributed by atoms with Gasteiger partial charge in [-0.05, 0) is 66.6 Å². The summed E-state index contributed by atoms with van der Waals surface area (Å²) in [4.78, 5) is 0. The maximum absolute atomic E-state index is 2.57. The summed E-state index contributed by atoms with van der Waals surface area (Å²) < 4.78 is 0. The molecule has 0 amide bonds. The quantitative estimate of drug-likeness (QED) is 0.622. The first-order chi connectivity index (χ1) is 10.2. The lowest BCUT2D eigenvalue weighted by molar-refractivity contribution is 0.0747. The van der Waals surface area contributed by atoms with Gasteiger partial charge in [0.2, 0.25) is 0 Å². The summed E-state index contributed by atoms with van der Waals surface area (Å²) in [6, 6.07) is 0. The van der Waals surface area contributed by atoms with E-state index in [-0.39, 0.29) is 0 Å². The highest BCUT2D eigenvalue weighted by atomic mass is 14.5. The molecular weight excluding hydrogens is 252 g/mol. The molecule has 4 aliphatic rings. The van der Waals surface area contributed by atoms with Gasteiger partial charge in [-0.15, -0.1) is 0 Å². The van der Waals surface area contributed by atoms with Crippen LogP contribution in [0.4, 0.5) is 0 Å². The molecule has 0 nitrogen and oxygen atoms in total. The van der Waals surface area contributed by atoms with Gasteiger partial charge in [0.05, 0.1) is 0 Å². The van der Waals surface area contributed by atoms with Crippen molar-refractivity contribution >= 4 is 0 Å². The molecule has 0 heterocycles. The lowest BCUT2D eigenvalue weighted by Gasteiger charge is -2.44. The van der Waals surface area contributed by atoms with E-state index in [0.717, 1.165) is 35.5 Å². The van der Waals surface area contributed by atoms with Crippen LogP contribution in [0.3, 0.4) is 0 Å². The Kier molecular flexibility index (Phi) is 3.24. The van der Waals surface area contributed by atoms with Gasteiger partial charge in [-0.25, -0.2) is 0 Å². The molecule has 4 rings (SSSR count). The Morgan fingerprint density at radius 2 is 1.05 bits per heavy atom. The molecule has 2 saturated carbocycles. The fraction of sp³-hybridized carbons (Fsp3) is 0.619. The van der Waals surface area contributed by atoms with Gasteiger partial charge in [0, 0.05) is 0 Å². The van der Waals surface area contributed by atoms with E-state index >= 15 is 0 Å². The SMILES string of the molecule is CC(C)(C1CCC2C=CC=CC21)C1CCC2C=CC=CC21. The van der Waals surface area contributed by atoms with Crippen molar-refractivity contribution in [1.82, 2.24) is 0 Å². The van der Waals surface area contributed by atoms with Crippen LogP contribution in [-0.2, 0) is 0 Å². The topological polar surface area (TPSA) is 0 Å². The van der Waals surface area contributed by atoms with E-state index in [4.69, 9.17) is 0 Å².